The first-order chi connectivity index (χ1) is 9.26. The lowest BCUT2D eigenvalue weighted by Gasteiger charge is -2.36. The number of fused-ring (bicyclic) bond motifs is 1. The van der Waals surface area contributed by atoms with Crippen LogP contribution in [0.2, 0.25) is 18.1 Å². The van der Waals surface area contributed by atoms with Crippen LogP contribution < -0.4 is 0 Å². The number of nitrogens with one attached hydrogen (secondary N) is 1. The Bertz CT molecular complexity index is 596. The lowest BCUT2D eigenvalue weighted by molar-refractivity contribution is 0.277. The van der Waals surface area contributed by atoms with Crippen molar-refractivity contribution in [1.29, 1.82) is 0 Å². The molecule has 0 saturated carbocycles. The van der Waals surface area contributed by atoms with Gasteiger partial charge in [0.05, 0.1) is 12.1 Å². The van der Waals surface area contributed by atoms with Crippen molar-refractivity contribution < 1.29 is 4.43 Å². The van der Waals surface area contributed by atoms with Gasteiger partial charge in [-0.25, -0.2) is 0 Å². The largest absolute Gasteiger partial charge is 0.412 e. The fourth-order valence-electron chi connectivity index (χ4n) is 2.01. The van der Waals surface area contributed by atoms with Crippen molar-refractivity contribution >= 4 is 19.2 Å². The molecular weight excluding hydrogens is 264 g/mol. The van der Waals surface area contributed by atoms with Crippen molar-refractivity contribution in [3.63, 3.8) is 0 Å². The standard InChI is InChI=1S/C16H26N2OSi/c1-7-14-13-10-8-9-12(15(13)18-17-14)11-19-20(5,6)16(2,3)4/h8-10H,7,11H2,1-6H3,(H,17,18). The summed E-state index contributed by atoms with van der Waals surface area (Å²) in [6, 6.07) is 6.35. The normalized spacial score (nSPS) is 13.1. The van der Waals surface area contributed by atoms with E-state index in [1.54, 1.807) is 0 Å². The Hall–Kier alpha value is -1.13. The van der Waals surface area contributed by atoms with E-state index in [2.05, 4.69) is 69.2 Å². The first-order valence-electron chi connectivity index (χ1n) is 7.35. The molecule has 110 valence electrons. The van der Waals surface area contributed by atoms with E-state index in [0.717, 1.165) is 11.9 Å². The van der Waals surface area contributed by atoms with Gasteiger partial charge in [-0.15, -0.1) is 0 Å². The third-order valence-electron chi connectivity index (χ3n) is 4.50. The van der Waals surface area contributed by atoms with Crippen LogP contribution >= 0.6 is 0 Å². The zero-order valence-corrected chi connectivity index (χ0v) is 14.5. The van der Waals surface area contributed by atoms with Gasteiger partial charge in [0.2, 0.25) is 0 Å². The summed E-state index contributed by atoms with van der Waals surface area (Å²) in [6.45, 7) is 14.2. The van der Waals surface area contributed by atoms with Crippen LogP contribution in [0.25, 0.3) is 10.9 Å². The Morgan fingerprint density at radius 1 is 1.25 bits per heavy atom. The summed E-state index contributed by atoms with van der Waals surface area (Å²) in [6.07, 6.45) is 0.975. The minimum Gasteiger partial charge on any atom is -0.412 e. The molecule has 1 aromatic heterocycles. The van der Waals surface area contributed by atoms with E-state index in [-0.39, 0.29) is 5.04 Å². The van der Waals surface area contributed by atoms with E-state index in [1.165, 1.54) is 16.6 Å². The number of aromatic nitrogens is 2. The van der Waals surface area contributed by atoms with Gasteiger partial charge < -0.3 is 4.43 Å². The summed E-state index contributed by atoms with van der Waals surface area (Å²) in [5.74, 6) is 0. The van der Waals surface area contributed by atoms with Crippen molar-refractivity contribution in [3.05, 3.63) is 29.5 Å². The summed E-state index contributed by atoms with van der Waals surface area (Å²) in [4.78, 5) is 0. The first kappa shape index (κ1) is 15.3. The second-order valence-electron chi connectivity index (χ2n) is 6.92. The van der Waals surface area contributed by atoms with Gasteiger partial charge in [-0.3, -0.25) is 5.10 Å². The highest BCUT2D eigenvalue weighted by Crippen LogP contribution is 2.37. The third-order valence-corrected chi connectivity index (χ3v) is 8.97. The van der Waals surface area contributed by atoms with Crippen molar-refractivity contribution in [1.82, 2.24) is 10.2 Å². The molecule has 1 N–H and O–H groups in total. The molecular formula is C16H26N2OSi. The van der Waals surface area contributed by atoms with E-state index in [1.807, 2.05) is 0 Å². The van der Waals surface area contributed by atoms with Gasteiger partial charge in [0, 0.05) is 16.6 Å². The summed E-state index contributed by atoms with van der Waals surface area (Å²) >= 11 is 0. The van der Waals surface area contributed by atoms with Crippen LogP contribution in [-0.4, -0.2) is 18.5 Å². The van der Waals surface area contributed by atoms with E-state index in [9.17, 15) is 0 Å². The minimum atomic E-state index is -1.71. The number of aromatic amines is 1. The van der Waals surface area contributed by atoms with Gasteiger partial charge in [-0.1, -0.05) is 45.9 Å². The van der Waals surface area contributed by atoms with E-state index in [0.29, 0.717) is 6.61 Å². The molecule has 0 radical (unpaired) electrons. The molecule has 0 bridgehead atoms. The summed E-state index contributed by atoms with van der Waals surface area (Å²) in [5.41, 5.74) is 3.44. The predicted octanol–water partition coefficient (Wildman–Crippen LogP) is 4.65. The molecule has 2 aromatic rings. The molecule has 3 nitrogen and oxygen atoms in total. The highest BCUT2D eigenvalue weighted by molar-refractivity contribution is 6.74. The predicted molar refractivity (Wildman–Crippen MR) is 87.5 cm³/mol. The van der Waals surface area contributed by atoms with Crippen LogP contribution in [-0.2, 0) is 17.5 Å². The van der Waals surface area contributed by atoms with E-state index < -0.39 is 8.32 Å². The molecule has 4 heteroatoms. The summed E-state index contributed by atoms with van der Waals surface area (Å²) < 4.78 is 6.32. The number of rotatable bonds is 4. The maximum atomic E-state index is 6.32. The fraction of sp³-hybridized carbons (Fsp3) is 0.562. The monoisotopic (exact) mass is 290 g/mol. The van der Waals surface area contributed by atoms with E-state index in [4.69, 9.17) is 4.43 Å². The molecule has 0 aliphatic heterocycles. The number of H-pyrrole nitrogens is 1. The summed E-state index contributed by atoms with van der Waals surface area (Å²) in [7, 11) is -1.71. The number of nitrogens with zero attached hydrogens (tertiary/aromatic N) is 1. The molecule has 2 rings (SSSR count). The molecule has 1 heterocycles. The van der Waals surface area contributed by atoms with Crippen molar-refractivity contribution in [2.45, 2.75) is 58.9 Å². The average molecular weight is 290 g/mol. The maximum Gasteiger partial charge on any atom is 0.192 e. The number of aryl methyl sites for hydroxylation is 1. The van der Waals surface area contributed by atoms with Crippen molar-refractivity contribution in [2.75, 3.05) is 0 Å². The van der Waals surface area contributed by atoms with Gasteiger partial charge >= 0.3 is 0 Å². The van der Waals surface area contributed by atoms with Crippen LogP contribution in [0.15, 0.2) is 18.2 Å². The van der Waals surface area contributed by atoms with Crippen LogP contribution in [0.1, 0.15) is 39.0 Å². The Labute approximate surface area is 122 Å². The van der Waals surface area contributed by atoms with Gasteiger partial charge in [0.1, 0.15) is 0 Å². The smallest absolute Gasteiger partial charge is 0.192 e. The second-order valence-corrected chi connectivity index (χ2v) is 11.7. The molecule has 0 fully saturated rings. The average Bonchev–Trinajstić information content (AvgIpc) is 2.78. The van der Waals surface area contributed by atoms with Gasteiger partial charge in [0.25, 0.3) is 0 Å². The van der Waals surface area contributed by atoms with Crippen LogP contribution in [0, 0.1) is 0 Å². The molecule has 20 heavy (non-hydrogen) atoms. The molecule has 0 amide bonds. The number of hydrogen-bond donors (Lipinski definition) is 1. The zero-order chi connectivity index (χ0) is 15.0. The maximum absolute atomic E-state index is 6.32. The van der Waals surface area contributed by atoms with Crippen LogP contribution in [0.4, 0.5) is 0 Å². The second kappa shape index (κ2) is 5.33. The molecule has 0 saturated heterocycles. The third kappa shape index (κ3) is 2.81. The fourth-order valence-corrected chi connectivity index (χ4v) is 2.96. The number of benzene rings is 1. The lowest BCUT2D eigenvalue weighted by atomic mass is 10.1. The Balaban J connectivity index is 2.25. The minimum absolute atomic E-state index is 0.237. The topological polar surface area (TPSA) is 37.9 Å². The Morgan fingerprint density at radius 3 is 2.55 bits per heavy atom. The molecule has 0 unspecified atom stereocenters. The highest BCUT2D eigenvalue weighted by atomic mass is 28.4. The molecule has 0 atom stereocenters. The lowest BCUT2D eigenvalue weighted by Crippen LogP contribution is -2.40. The SMILES string of the molecule is CCc1[nH]nc2c(CO[Si](C)(C)C(C)(C)C)cccc12. The zero-order valence-electron chi connectivity index (χ0n) is 13.5. The Kier molecular flexibility index (Phi) is 4.07. The number of hydrogen-bond acceptors (Lipinski definition) is 2. The quantitative estimate of drug-likeness (QED) is 0.832. The molecule has 0 spiro atoms. The van der Waals surface area contributed by atoms with Gasteiger partial charge in [-0.2, -0.15) is 5.10 Å². The first-order valence-corrected chi connectivity index (χ1v) is 10.3. The molecule has 1 aromatic carbocycles. The van der Waals surface area contributed by atoms with Crippen molar-refractivity contribution in [2.24, 2.45) is 0 Å². The molecule has 0 aliphatic rings. The van der Waals surface area contributed by atoms with Gasteiger partial charge in [-0.05, 0) is 24.6 Å². The van der Waals surface area contributed by atoms with E-state index >= 15 is 0 Å². The number of para-hydroxylation sites is 1. The molecule has 0 aliphatic carbocycles. The van der Waals surface area contributed by atoms with Crippen molar-refractivity contribution in [3.8, 4) is 0 Å². The Morgan fingerprint density at radius 2 is 1.95 bits per heavy atom. The van der Waals surface area contributed by atoms with Crippen LogP contribution in [0.5, 0.6) is 0 Å². The van der Waals surface area contributed by atoms with Crippen LogP contribution in [0.3, 0.4) is 0 Å². The van der Waals surface area contributed by atoms with Gasteiger partial charge in [0.15, 0.2) is 8.32 Å². The summed E-state index contributed by atoms with van der Waals surface area (Å²) in [5, 5.41) is 9.06. The highest BCUT2D eigenvalue weighted by Gasteiger charge is 2.37.